The van der Waals surface area contributed by atoms with Crippen LogP contribution in [-0.2, 0) is 36.8 Å². The Labute approximate surface area is 238 Å². The summed E-state index contributed by atoms with van der Waals surface area (Å²) in [6.45, 7) is 4.29. The second kappa shape index (κ2) is 14.2. The van der Waals surface area contributed by atoms with Gasteiger partial charge in [-0.2, -0.15) is 85.0 Å². The Hall–Kier alpha value is -3.10. The van der Waals surface area contributed by atoms with E-state index in [9.17, 15) is 13.2 Å². The third kappa shape index (κ3) is 7.95. The van der Waals surface area contributed by atoms with E-state index >= 15 is 0 Å². The van der Waals surface area contributed by atoms with E-state index in [0.717, 1.165) is 18.6 Å². The topological polar surface area (TPSA) is 0 Å². The Morgan fingerprint density at radius 3 is 2.05 bits per heavy atom. The summed E-state index contributed by atoms with van der Waals surface area (Å²) in [5.41, 5.74) is 8.80. The SMILES string of the molecule is CC1=[C-]C(C)C=C1c1ccccc1.FC(F)(F)c1cc[c-]cc1.[CH2]=[Zr].[c-]1cccc2c1Cc1ccccc1-2. The molecule has 0 bridgehead atoms. The molecule has 6 rings (SSSR count). The van der Waals surface area contributed by atoms with Gasteiger partial charge in [-0.15, -0.1) is 11.1 Å². The van der Waals surface area contributed by atoms with Gasteiger partial charge in [0, 0.05) is 0 Å². The van der Waals surface area contributed by atoms with Gasteiger partial charge in [0.25, 0.3) is 0 Å². The molecule has 2 aliphatic carbocycles. The molecule has 0 heterocycles. The zero-order chi connectivity index (χ0) is 27.5. The number of alkyl halides is 3. The molecule has 4 aromatic rings. The van der Waals surface area contributed by atoms with Crippen molar-refractivity contribution < 1.29 is 37.4 Å². The van der Waals surface area contributed by atoms with E-state index in [0.29, 0.717) is 5.92 Å². The minimum atomic E-state index is -4.23. The molecular formula is C34H28F3Zr-3. The van der Waals surface area contributed by atoms with Crippen LogP contribution < -0.4 is 0 Å². The largest absolute Gasteiger partial charge is 0.179 e. The molecule has 0 radical (unpaired) electrons. The molecule has 192 valence electrons. The summed E-state index contributed by atoms with van der Waals surface area (Å²) in [5.74, 6) is 0.468. The fourth-order valence-corrected chi connectivity index (χ4v) is 4.34. The molecular weight excluding hydrogens is 557 g/mol. The Kier molecular flexibility index (Phi) is 11.0. The van der Waals surface area contributed by atoms with Crippen molar-refractivity contribution in [3.05, 3.63) is 149 Å². The summed E-state index contributed by atoms with van der Waals surface area (Å²) < 4.78 is 38.7. The van der Waals surface area contributed by atoms with E-state index in [2.05, 4.69) is 103 Å². The minimum Gasteiger partial charge on any atom is -0.179 e. The summed E-state index contributed by atoms with van der Waals surface area (Å²) in [7, 11) is 0. The monoisotopic (exact) mass is 583 g/mol. The second-order valence-electron chi connectivity index (χ2n) is 8.69. The summed E-state index contributed by atoms with van der Waals surface area (Å²) in [4.78, 5) is 0. The predicted octanol–water partition coefficient (Wildman–Crippen LogP) is 9.00. The van der Waals surface area contributed by atoms with Gasteiger partial charge in [0.1, 0.15) is 0 Å². The fraction of sp³-hybridized carbons (Fsp3) is 0.147. The third-order valence-corrected chi connectivity index (χ3v) is 6.01. The molecule has 1 unspecified atom stereocenters. The van der Waals surface area contributed by atoms with Gasteiger partial charge < -0.3 is 0 Å². The van der Waals surface area contributed by atoms with Crippen molar-refractivity contribution in [1.29, 1.82) is 0 Å². The van der Waals surface area contributed by atoms with Gasteiger partial charge >= 0.3 is 34.6 Å². The molecule has 0 spiro atoms. The summed E-state index contributed by atoms with van der Waals surface area (Å²) >= 11 is 1.30. The third-order valence-electron chi connectivity index (χ3n) is 6.01. The first-order valence-corrected chi connectivity index (χ1v) is 13.9. The maximum absolute atomic E-state index is 11.8. The molecule has 0 aromatic heterocycles. The molecule has 0 N–H and O–H groups in total. The molecule has 2 aliphatic rings. The summed E-state index contributed by atoms with van der Waals surface area (Å²) in [5, 5.41) is 0. The molecule has 4 aromatic carbocycles. The van der Waals surface area contributed by atoms with Crippen molar-refractivity contribution >= 4 is 9.78 Å². The quantitative estimate of drug-likeness (QED) is 0.173. The smallest absolute Gasteiger partial charge is 0.0253 e. The standard InChI is InChI=1S/C13H9.C13H13.C7H4F3.CH2.Zr/c1-3-7-12-10(5-1)9-11-6-2-4-8-13(11)12;1-10-8-11(2)13(9-10)12-6-4-3-5-7-12;8-7(9,10)6-4-2-1-3-5-6;;/h1-5,7-8H,9H2;3-7,9-10H,1-2H3;2-5H;1H2;/q3*-1;;. The van der Waals surface area contributed by atoms with E-state index < -0.39 is 11.7 Å². The van der Waals surface area contributed by atoms with E-state index in [-0.39, 0.29) is 0 Å². The number of hydrogen-bond acceptors (Lipinski definition) is 0. The zero-order valence-corrected chi connectivity index (χ0v) is 23.9. The number of fused-ring (bicyclic) bond motifs is 3. The number of rotatable bonds is 1. The van der Waals surface area contributed by atoms with Crippen LogP contribution in [0, 0.1) is 24.1 Å². The van der Waals surface area contributed by atoms with Crippen molar-refractivity contribution in [3.8, 4) is 11.1 Å². The van der Waals surface area contributed by atoms with Crippen molar-refractivity contribution in [1.82, 2.24) is 0 Å². The Balaban J connectivity index is 0.000000154. The van der Waals surface area contributed by atoms with Crippen LogP contribution in [0.15, 0.2) is 109 Å². The van der Waals surface area contributed by atoms with Crippen molar-refractivity contribution in [2.24, 2.45) is 5.92 Å². The van der Waals surface area contributed by atoms with Crippen LogP contribution in [0.25, 0.3) is 16.7 Å². The van der Waals surface area contributed by atoms with Gasteiger partial charge in [-0.3, -0.25) is 6.08 Å². The van der Waals surface area contributed by atoms with Gasteiger partial charge in [0.2, 0.25) is 0 Å². The van der Waals surface area contributed by atoms with Crippen LogP contribution in [0.4, 0.5) is 13.2 Å². The first kappa shape index (κ1) is 29.5. The zero-order valence-electron chi connectivity index (χ0n) is 21.4. The van der Waals surface area contributed by atoms with Crippen LogP contribution in [0.5, 0.6) is 0 Å². The summed E-state index contributed by atoms with van der Waals surface area (Å²) in [6.07, 6.45) is 2.48. The van der Waals surface area contributed by atoms with E-state index in [1.807, 2.05) is 12.1 Å². The van der Waals surface area contributed by atoms with Crippen molar-refractivity contribution in [3.63, 3.8) is 0 Å². The van der Waals surface area contributed by atoms with Crippen LogP contribution >= 0.6 is 0 Å². The number of hydrogen-bond donors (Lipinski definition) is 0. The van der Waals surface area contributed by atoms with Gasteiger partial charge in [-0.1, -0.05) is 91.1 Å². The minimum absolute atomic E-state index is 0.468. The number of benzene rings is 4. The number of allylic oxidation sites excluding steroid dienone is 4. The maximum atomic E-state index is 11.8. The average Bonchev–Trinajstić information content (AvgIpc) is 3.50. The van der Waals surface area contributed by atoms with E-state index in [4.69, 9.17) is 0 Å². The normalized spacial score (nSPS) is 14.6. The van der Waals surface area contributed by atoms with Gasteiger partial charge in [0.05, 0.1) is 0 Å². The molecule has 38 heavy (non-hydrogen) atoms. The number of halogens is 3. The van der Waals surface area contributed by atoms with E-state index in [1.165, 1.54) is 75.3 Å². The van der Waals surface area contributed by atoms with Gasteiger partial charge in [-0.25, -0.2) is 5.57 Å². The van der Waals surface area contributed by atoms with Gasteiger partial charge in [-0.05, 0) is 6.42 Å². The molecule has 0 amide bonds. The first-order chi connectivity index (χ1) is 18.3. The van der Waals surface area contributed by atoms with Crippen LogP contribution in [0.2, 0.25) is 0 Å². The maximum Gasteiger partial charge on any atom is -0.0253 e. The molecule has 0 fully saturated rings. The van der Waals surface area contributed by atoms with Gasteiger partial charge in [0.15, 0.2) is 0 Å². The molecule has 4 heteroatoms. The van der Waals surface area contributed by atoms with Crippen LogP contribution in [-0.4, -0.2) is 4.21 Å². The molecule has 0 saturated carbocycles. The Morgan fingerprint density at radius 2 is 1.45 bits per heavy atom. The summed E-state index contributed by atoms with van der Waals surface area (Å²) in [6, 6.07) is 35.6. The van der Waals surface area contributed by atoms with Crippen molar-refractivity contribution in [2.45, 2.75) is 26.4 Å². The first-order valence-electron chi connectivity index (χ1n) is 12.2. The van der Waals surface area contributed by atoms with E-state index in [1.54, 1.807) is 0 Å². The molecule has 0 nitrogen and oxygen atoms in total. The predicted molar refractivity (Wildman–Crippen MR) is 147 cm³/mol. The molecule has 0 saturated heterocycles. The fourth-order valence-electron chi connectivity index (χ4n) is 4.34. The van der Waals surface area contributed by atoms with Crippen LogP contribution in [0.1, 0.15) is 36.1 Å². The molecule has 0 aliphatic heterocycles. The van der Waals surface area contributed by atoms with Crippen LogP contribution in [0.3, 0.4) is 0 Å². The van der Waals surface area contributed by atoms with Crippen molar-refractivity contribution in [2.75, 3.05) is 0 Å². The Morgan fingerprint density at radius 1 is 0.816 bits per heavy atom. The molecule has 1 atom stereocenters. The Bertz CT molecular complexity index is 1330. The average molecular weight is 585 g/mol. The second-order valence-corrected chi connectivity index (χ2v) is 8.69.